The third-order valence-electron chi connectivity index (χ3n) is 2.97. The lowest BCUT2D eigenvalue weighted by Crippen LogP contribution is -2.51. The third kappa shape index (κ3) is 3.54. The van der Waals surface area contributed by atoms with E-state index in [1.165, 1.54) is 6.08 Å². The molecule has 1 aliphatic rings. The number of aliphatic hydroxyl groups excluding tert-OH is 3. The zero-order valence-corrected chi connectivity index (χ0v) is 10.6. The molecule has 2 rings (SSSR count). The van der Waals surface area contributed by atoms with Crippen LogP contribution in [0.2, 0.25) is 0 Å². The van der Waals surface area contributed by atoms with E-state index >= 15 is 0 Å². The SMILES string of the molecule is Cl.O[C@@H]1[C@@H](O)[C@H](NCc2ccccc2)C=C[C@@H]1O. The van der Waals surface area contributed by atoms with Gasteiger partial charge in [-0.05, 0) is 5.56 Å². The Kier molecular flexibility index (Phi) is 5.78. The number of aliphatic hydroxyl groups is 3. The van der Waals surface area contributed by atoms with Crippen LogP contribution >= 0.6 is 12.4 Å². The second-order valence-corrected chi connectivity index (χ2v) is 4.25. The molecule has 4 atom stereocenters. The fourth-order valence-corrected chi connectivity index (χ4v) is 1.90. The normalized spacial score (nSPS) is 30.8. The lowest BCUT2D eigenvalue weighted by Gasteiger charge is -2.31. The van der Waals surface area contributed by atoms with Crippen LogP contribution in [0, 0.1) is 0 Å². The maximum Gasteiger partial charge on any atom is 0.111 e. The van der Waals surface area contributed by atoms with Gasteiger partial charge >= 0.3 is 0 Å². The average Bonchev–Trinajstić information content (AvgIpc) is 2.36. The minimum absolute atomic E-state index is 0. The van der Waals surface area contributed by atoms with Gasteiger partial charge in [0.1, 0.15) is 18.3 Å². The molecule has 1 aliphatic carbocycles. The molecule has 4 nitrogen and oxygen atoms in total. The number of hydrogen-bond acceptors (Lipinski definition) is 4. The van der Waals surface area contributed by atoms with Crippen molar-refractivity contribution in [2.24, 2.45) is 0 Å². The molecule has 0 radical (unpaired) electrons. The highest BCUT2D eigenvalue weighted by atomic mass is 35.5. The van der Waals surface area contributed by atoms with Crippen LogP contribution in [0.25, 0.3) is 0 Å². The first-order valence-electron chi connectivity index (χ1n) is 5.68. The van der Waals surface area contributed by atoms with E-state index in [0.717, 1.165) is 5.56 Å². The maximum atomic E-state index is 9.76. The molecule has 0 saturated heterocycles. The topological polar surface area (TPSA) is 72.7 Å². The van der Waals surface area contributed by atoms with Gasteiger partial charge in [-0.15, -0.1) is 12.4 Å². The lowest BCUT2D eigenvalue weighted by molar-refractivity contribution is -0.0567. The minimum Gasteiger partial charge on any atom is -0.388 e. The third-order valence-corrected chi connectivity index (χ3v) is 2.97. The summed E-state index contributed by atoms with van der Waals surface area (Å²) in [5.74, 6) is 0. The van der Waals surface area contributed by atoms with Gasteiger partial charge in [-0.25, -0.2) is 0 Å². The van der Waals surface area contributed by atoms with Crippen LogP contribution < -0.4 is 5.32 Å². The number of rotatable bonds is 3. The van der Waals surface area contributed by atoms with Crippen molar-refractivity contribution in [2.75, 3.05) is 0 Å². The summed E-state index contributed by atoms with van der Waals surface area (Å²) in [7, 11) is 0. The lowest BCUT2D eigenvalue weighted by atomic mass is 9.94. The van der Waals surface area contributed by atoms with Crippen LogP contribution in [0.4, 0.5) is 0 Å². The molecule has 0 heterocycles. The predicted molar refractivity (Wildman–Crippen MR) is 71.5 cm³/mol. The Morgan fingerprint density at radius 2 is 1.61 bits per heavy atom. The van der Waals surface area contributed by atoms with Crippen molar-refractivity contribution in [1.82, 2.24) is 5.32 Å². The Hall–Kier alpha value is -0.910. The largest absolute Gasteiger partial charge is 0.388 e. The summed E-state index contributed by atoms with van der Waals surface area (Å²) in [6.07, 6.45) is 0.0807. The predicted octanol–water partition coefficient (Wildman–Crippen LogP) is 0.219. The number of benzene rings is 1. The van der Waals surface area contributed by atoms with Crippen molar-refractivity contribution in [2.45, 2.75) is 30.9 Å². The first-order valence-corrected chi connectivity index (χ1v) is 5.68. The molecule has 0 saturated carbocycles. The van der Waals surface area contributed by atoms with Crippen molar-refractivity contribution < 1.29 is 15.3 Å². The van der Waals surface area contributed by atoms with E-state index < -0.39 is 18.3 Å². The molecule has 100 valence electrons. The monoisotopic (exact) mass is 271 g/mol. The Morgan fingerprint density at radius 3 is 2.28 bits per heavy atom. The Labute approximate surface area is 112 Å². The molecule has 1 aromatic carbocycles. The van der Waals surface area contributed by atoms with Crippen LogP contribution in [-0.4, -0.2) is 39.7 Å². The summed E-state index contributed by atoms with van der Waals surface area (Å²) in [5.41, 5.74) is 1.11. The molecule has 0 unspecified atom stereocenters. The van der Waals surface area contributed by atoms with Crippen molar-refractivity contribution in [1.29, 1.82) is 0 Å². The van der Waals surface area contributed by atoms with E-state index in [4.69, 9.17) is 0 Å². The first-order chi connectivity index (χ1) is 8.18. The standard InChI is InChI=1S/C13H17NO3.ClH/c15-11-7-6-10(12(16)13(11)17)14-8-9-4-2-1-3-5-9;/h1-7,10-17H,8H2;1H/t10-,11+,12+,13+;/m1./s1. The highest BCUT2D eigenvalue weighted by Crippen LogP contribution is 2.14. The van der Waals surface area contributed by atoms with Crippen LogP contribution in [0.3, 0.4) is 0 Å². The molecule has 5 heteroatoms. The van der Waals surface area contributed by atoms with E-state index in [0.29, 0.717) is 6.54 Å². The molecular weight excluding hydrogens is 254 g/mol. The van der Waals surface area contributed by atoms with Gasteiger partial charge in [0.2, 0.25) is 0 Å². The van der Waals surface area contributed by atoms with Gasteiger partial charge in [0, 0.05) is 6.54 Å². The van der Waals surface area contributed by atoms with Gasteiger partial charge in [0.25, 0.3) is 0 Å². The highest BCUT2D eigenvalue weighted by Gasteiger charge is 2.32. The van der Waals surface area contributed by atoms with Gasteiger partial charge in [-0.1, -0.05) is 42.5 Å². The van der Waals surface area contributed by atoms with E-state index in [-0.39, 0.29) is 18.4 Å². The fraction of sp³-hybridized carbons (Fsp3) is 0.385. The van der Waals surface area contributed by atoms with Gasteiger partial charge in [0.15, 0.2) is 0 Å². The summed E-state index contributed by atoms with van der Waals surface area (Å²) in [6.45, 7) is 0.607. The molecule has 0 spiro atoms. The Bertz CT molecular complexity index is 385. The van der Waals surface area contributed by atoms with Crippen molar-refractivity contribution >= 4 is 12.4 Å². The summed E-state index contributed by atoms with van der Waals surface area (Å²) in [5, 5.41) is 31.7. The van der Waals surface area contributed by atoms with Crippen LogP contribution in [-0.2, 0) is 6.54 Å². The minimum atomic E-state index is -1.13. The Balaban J connectivity index is 0.00000162. The summed E-state index contributed by atoms with van der Waals surface area (Å²) >= 11 is 0. The number of halogens is 1. The van der Waals surface area contributed by atoms with E-state index in [9.17, 15) is 15.3 Å². The highest BCUT2D eigenvalue weighted by molar-refractivity contribution is 5.85. The molecule has 1 aromatic rings. The summed E-state index contributed by atoms with van der Waals surface area (Å²) in [6, 6.07) is 9.47. The van der Waals surface area contributed by atoms with Crippen LogP contribution in [0.1, 0.15) is 5.56 Å². The first kappa shape index (κ1) is 15.1. The van der Waals surface area contributed by atoms with Crippen molar-refractivity contribution in [3.05, 3.63) is 48.0 Å². The molecule has 0 aromatic heterocycles. The number of nitrogens with one attached hydrogen (secondary N) is 1. The van der Waals surface area contributed by atoms with Crippen LogP contribution in [0.15, 0.2) is 42.5 Å². The average molecular weight is 272 g/mol. The molecule has 0 fully saturated rings. The molecular formula is C13H18ClNO3. The Morgan fingerprint density at radius 1 is 0.944 bits per heavy atom. The molecule has 0 aliphatic heterocycles. The second kappa shape index (κ2) is 6.87. The molecule has 18 heavy (non-hydrogen) atoms. The van der Waals surface area contributed by atoms with Gasteiger partial charge in [-0.3, -0.25) is 0 Å². The smallest absolute Gasteiger partial charge is 0.111 e. The zero-order chi connectivity index (χ0) is 12.3. The van der Waals surface area contributed by atoms with E-state index in [1.54, 1.807) is 6.08 Å². The van der Waals surface area contributed by atoms with Gasteiger partial charge < -0.3 is 20.6 Å². The summed E-state index contributed by atoms with van der Waals surface area (Å²) in [4.78, 5) is 0. The van der Waals surface area contributed by atoms with Gasteiger partial charge in [-0.2, -0.15) is 0 Å². The second-order valence-electron chi connectivity index (χ2n) is 4.25. The fourth-order valence-electron chi connectivity index (χ4n) is 1.90. The van der Waals surface area contributed by atoms with Crippen molar-refractivity contribution in [3.8, 4) is 0 Å². The zero-order valence-electron chi connectivity index (χ0n) is 9.81. The van der Waals surface area contributed by atoms with E-state index in [1.807, 2.05) is 30.3 Å². The summed E-state index contributed by atoms with van der Waals surface area (Å²) < 4.78 is 0. The maximum absolute atomic E-state index is 9.76. The van der Waals surface area contributed by atoms with Crippen molar-refractivity contribution in [3.63, 3.8) is 0 Å². The molecule has 0 bridgehead atoms. The van der Waals surface area contributed by atoms with Crippen LogP contribution in [0.5, 0.6) is 0 Å². The molecule has 4 N–H and O–H groups in total. The molecule has 0 amide bonds. The van der Waals surface area contributed by atoms with Gasteiger partial charge in [0.05, 0.1) is 6.04 Å². The quantitative estimate of drug-likeness (QED) is 0.594. The van der Waals surface area contributed by atoms with E-state index in [2.05, 4.69) is 5.32 Å². The number of hydrogen-bond donors (Lipinski definition) is 4.